The number of nitrogens with one attached hydrogen (secondary N) is 1. The van der Waals surface area contributed by atoms with Gasteiger partial charge in [0, 0.05) is 24.0 Å². The Labute approximate surface area is 166 Å². The van der Waals surface area contributed by atoms with Gasteiger partial charge in [0.25, 0.3) is 0 Å². The smallest absolute Gasteiger partial charge is 0.184 e. The van der Waals surface area contributed by atoms with E-state index in [1.165, 1.54) is 0 Å². The van der Waals surface area contributed by atoms with Crippen molar-refractivity contribution in [1.29, 1.82) is 0 Å². The Morgan fingerprint density at radius 1 is 1.15 bits per heavy atom. The van der Waals surface area contributed by atoms with Crippen molar-refractivity contribution >= 4 is 23.5 Å². The zero-order chi connectivity index (χ0) is 19.6. The van der Waals surface area contributed by atoms with Crippen LogP contribution in [0.5, 0.6) is 0 Å². The van der Waals surface area contributed by atoms with E-state index in [4.69, 9.17) is 18.0 Å². The molecule has 0 aromatic rings. The Hall–Kier alpha value is -0.760. The highest BCUT2D eigenvalue weighted by Crippen LogP contribution is 2.71. The summed E-state index contributed by atoms with van der Waals surface area (Å²) < 4.78 is 0. The first-order chi connectivity index (χ1) is 12.6. The summed E-state index contributed by atoms with van der Waals surface area (Å²) >= 11 is 4.86. The largest absolute Gasteiger partial charge is 0.393 e. The van der Waals surface area contributed by atoms with Crippen molar-refractivity contribution in [2.45, 2.75) is 76.6 Å². The number of aliphatic hydroxyl groups is 3. The van der Waals surface area contributed by atoms with Gasteiger partial charge >= 0.3 is 0 Å². The van der Waals surface area contributed by atoms with E-state index in [-0.39, 0.29) is 33.9 Å². The number of nitrogens with two attached hydrogens (primary N) is 1. The van der Waals surface area contributed by atoms with Crippen molar-refractivity contribution in [2.75, 3.05) is 0 Å². The van der Waals surface area contributed by atoms with Gasteiger partial charge in [-0.25, -0.2) is 0 Å². The second-order valence-corrected chi connectivity index (χ2v) is 10.4. The minimum absolute atomic E-state index is 0.0946. The Kier molecular flexibility index (Phi) is 4.61. The summed E-state index contributed by atoms with van der Waals surface area (Å²) in [4.78, 5) is 0. The van der Waals surface area contributed by atoms with E-state index in [0.717, 1.165) is 38.5 Å². The normalized spacial score (nSPS) is 54.4. The first-order valence-corrected chi connectivity index (χ1v) is 10.7. The fraction of sp³-hybridized carbons (Fsp3) is 0.900. The Morgan fingerprint density at radius 2 is 1.89 bits per heavy atom. The zero-order valence-corrected chi connectivity index (χ0v) is 17.1. The average Bonchev–Trinajstić information content (AvgIpc) is 2.99. The molecule has 4 fully saturated rings. The molecule has 4 rings (SSSR count). The maximum absolute atomic E-state index is 12.0. The van der Waals surface area contributed by atoms with Crippen LogP contribution in [-0.2, 0) is 0 Å². The van der Waals surface area contributed by atoms with Gasteiger partial charge in [-0.05, 0) is 73.9 Å². The minimum Gasteiger partial charge on any atom is -0.393 e. The molecule has 6 N–H and O–H groups in total. The van der Waals surface area contributed by atoms with Gasteiger partial charge in [-0.2, -0.15) is 5.10 Å². The van der Waals surface area contributed by atoms with Crippen LogP contribution in [0.15, 0.2) is 5.10 Å². The number of thiocarbonyl (C=S) groups is 1. The first kappa shape index (κ1) is 19.6. The molecular weight excluding hydrogens is 362 g/mol. The summed E-state index contributed by atoms with van der Waals surface area (Å²) in [6, 6.07) is 0. The van der Waals surface area contributed by atoms with Crippen molar-refractivity contribution in [2.24, 2.45) is 45.3 Å². The Bertz CT molecular complexity index is 660. The molecular formula is C20H33N3O3S. The standard InChI is InChI=1S/C20H33N3O3S/c1-18-7-6-13-16(12(18)3-4-15(18)25)14(10-22-23-17(21)27)20(26)9-11(24)5-8-19(13,20)2/h10-16,24-26H,3-9H2,1-2H3,(H3,21,23,27)/b22-10+/t11-,12-,13-,14+,15-,16-,18-,19+,20+/m0/s1. The third-order valence-electron chi connectivity index (χ3n) is 9.01. The van der Waals surface area contributed by atoms with Gasteiger partial charge in [0.15, 0.2) is 5.11 Å². The molecule has 0 bridgehead atoms. The molecule has 4 aliphatic rings. The number of fused-ring (bicyclic) bond motifs is 5. The maximum atomic E-state index is 12.0. The highest BCUT2D eigenvalue weighted by molar-refractivity contribution is 7.80. The molecule has 27 heavy (non-hydrogen) atoms. The van der Waals surface area contributed by atoms with Crippen molar-refractivity contribution in [3.63, 3.8) is 0 Å². The highest BCUT2D eigenvalue weighted by Gasteiger charge is 2.71. The minimum atomic E-state index is -1.000. The lowest BCUT2D eigenvalue weighted by Gasteiger charge is -2.51. The lowest BCUT2D eigenvalue weighted by atomic mass is 9.55. The molecule has 152 valence electrons. The third kappa shape index (κ3) is 2.61. The second kappa shape index (κ2) is 6.37. The molecule has 0 unspecified atom stereocenters. The van der Waals surface area contributed by atoms with Crippen molar-refractivity contribution in [3.8, 4) is 0 Å². The Balaban J connectivity index is 1.77. The number of hydrazone groups is 1. The quantitative estimate of drug-likeness (QED) is 0.275. The van der Waals surface area contributed by atoms with Gasteiger partial charge in [-0.3, -0.25) is 5.43 Å². The number of hydrogen-bond donors (Lipinski definition) is 5. The maximum Gasteiger partial charge on any atom is 0.184 e. The van der Waals surface area contributed by atoms with Crippen LogP contribution in [0.2, 0.25) is 0 Å². The van der Waals surface area contributed by atoms with Gasteiger partial charge in [-0.15, -0.1) is 0 Å². The Morgan fingerprint density at radius 3 is 2.59 bits per heavy atom. The highest BCUT2D eigenvalue weighted by atomic mass is 32.1. The molecule has 0 aliphatic heterocycles. The summed E-state index contributed by atoms with van der Waals surface area (Å²) in [6.45, 7) is 4.43. The fourth-order valence-corrected chi connectivity index (χ4v) is 7.59. The zero-order valence-electron chi connectivity index (χ0n) is 16.3. The molecule has 0 saturated heterocycles. The van der Waals surface area contributed by atoms with E-state index in [2.05, 4.69) is 24.4 Å². The van der Waals surface area contributed by atoms with Crippen LogP contribution in [0.25, 0.3) is 0 Å². The van der Waals surface area contributed by atoms with E-state index in [0.29, 0.717) is 18.3 Å². The fourth-order valence-electron chi connectivity index (χ4n) is 7.53. The molecule has 4 saturated carbocycles. The molecule has 0 heterocycles. The molecule has 4 aliphatic carbocycles. The number of hydrogen-bond acceptors (Lipinski definition) is 5. The summed E-state index contributed by atoms with van der Waals surface area (Å²) in [5.41, 5.74) is 6.82. The molecule has 0 aromatic heterocycles. The van der Waals surface area contributed by atoms with Crippen LogP contribution >= 0.6 is 12.2 Å². The van der Waals surface area contributed by atoms with Crippen LogP contribution in [0, 0.1) is 34.5 Å². The van der Waals surface area contributed by atoms with Crippen LogP contribution in [-0.4, -0.2) is 44.5 Å². The number of aliphatic hydroxyl groups excluding tert-OH is 2. The van der Waals surface area contributed by atoms with Gasteiger partial charge in [0.05, 0.1) is 17.8 Å². The van der Waals surface area contributed by atoms with Gasteiger partial charge < -0.3 is 21.1 Å². The first-order valence-electron chi connectivity index (χ1n) is 10.3. The second-order valence-electron chi connectivity index (χ2n) is 9.95. The number of rotatable bonds is 2. The van der Waals surface area contributed by atoms with E-state index < -0.39 is 11.7 Å². The van der Waals surface area contributed by atoms with Crippen LogP contribution < -0.4 is 11.2 Å². The molecule has 6 nitrogen and oxygen atoms in total. The van der Waals surface area contributed by atoms with Crippen LogP contribution in [0.4, 0.5) is 0 Å². The van der Waals surface area contributed by atoms with Crippen LogP contribution in [0.1, 0.15) is 58.8 Å². The third-order valence-corrected chi connectivity index (χ3v) is 9.10. The van der Waals surface area contributed by atoms with Crippen molar-refractivity contribution in [1.82, 2.24) is 5.43 Å². The van der Waals surface area contributed by atoms with Crippen molar-refractivity contribution < 1.29 is 15.3 Å². The molecule has 0 radical (unpaired) electrons. The van der Waals surface area contributed by atoms with E-state index in [1.54, 1.807) is 6.21 Å². The molecule has 0 aromatic carbocycles. The summed E-state index contributed by atoms with van der Waals surface area (Å²) in [6.07, 6.45) is 6.81. The topological polar surface area (TPSA) is 111 Å². The SMILES string of the molecule is C[C@]12CC[C@H]3[C@@H]([C@@H](/C=N/NC(N)=S)[C@]4(O)C[C@@H](O)CC[C@]34C)[C@@H]1CC[C@@H]2O. The summed E-state index contributed by atoms with van der Waals surface area (Å²) in [5, 5.41) is 37.4. The van der Waals surface area contributed by atoms with E-state index in [9.17, 15) is 15.3 Å². The molecule has 0 spiro atoms. The monoisotopic (exact) mass is 395 g/mol. The van der Waals surface area contributed by atoms with Crippen molar-refractivity contribution in [3.05, 3.63) is 0 Å². The molecule has 0 amide bonds. The predicted molar refractivity (Wildman–Crippen MR) is 108 cm³/mol. The lowest BCUT2D eigenvalue weighted by molar-refractivity contribution is -0.142. The van der Waals surface area contributed by atoms with E-state index in [1.807, 2.05) is 0 Å². The average molecular weight is 396 g/mol. The van der Waals surface area contributed by atoms with Crippen LogP contribution in [0.3, 0.4) is 0 Å². The summed E-state index contributed by atoms with van der Waals surface area (Å²) in [5.74, 6) is 0.799. The van der Waals surface area contributed by atoms with Gasteiger partial charge in [0.1, 0.15) is 0 Å². The molecule has 7 heteroatoms. The van der Waals surface area contributed by atoms with Gasteiger partial charge in [0.2, 0.25) is 0 Å². The number of nitrogens with zero attached hydrogens (tertiary/aromatic N) is 1. The predicted octanol–water partition coefficient (Wildman–Crippen LogP) is 1.52. The van der Waals surface area contributed by atoms with E-state index >= 15 is 0 Å². The summed E-state index contributed by atoms with van der Waals surface area (Å²) in [7, 11) is 0. The lowest BCUT2D eigenvalue weighted by Crippen LogP contribution is -2.54. The van der Waals surface area contributed by atoms with Gasteiger partial charge in [-0.1, -0.05) is 13.8 Å². The molecule has 9 atom stereocenters.